The van der Waals surface area contributed by atoms with Crippen LogP contribution in [0.5, 0.6) is 5.75 Å². The van der Waals surface area contributed by atoms with Crippen molar-refractivity contribution < 1.29 is 14.3 Å². The molecule has 0 radical (unpaired) electrons. The number of carbonyl (C=O) groups is 2. The summed E-state index contributed by atoms with van der Waals surface area (Å²) in [5, 5.41) is 2.71. The molecule has 4 heteroatoms. The fraction of sp³-hybridized carbons (Fsp3) is 0.333. The average molecular weight is 219 g/mol. The molecule has 1 heterocycles. The van der Waals surface area contributed by atoms with Gasteiger partial charge in [-0.1, -0.05) is 13.0 Å². The Morgan fingerprint density at radius 1 is 1.50 bits per heavy atom. The largest absolute Gasteiger partial charge is 0.482 e. The minimum Gasteiger partial charge on any atom is -0.482 e. The van der Waals surface area contributed by atoms with Crippen molar-refractivity contribution in [3.05, 3.63) is 23.8 Å². The minimum absolute atomic E-state index is 0.0326. The molecule has 1 aromatic carbocycles. The Bertz CT molecular complexity index is 454. The molecule has 1 atom stereocenters. The fourth-order valence-electron chi connectivity index (χ4n) is 1.60. The first-order chi connectivity index (χ1) is 7.58. The second-order valence-corrected chi connectivity index (χ2v) is 3.92. The van der Waals surface area contributed by atoms with Crippen molar-refractivity contribution in [3.8, 4) is 5.75 Å². The van der Waals surface area contributed by atoms with Gasteiger partial charge in [-0.3, -0.25) is 9.59 Å². The molecule has 0 aromatic heterocycles. The summed E-state index contributed by atoms with van der Waals surface area (Å²) in [7, 11) is 0. The summed E-state index contributed by atoms with van der Waals surface area (Å²) >= 11 is 0. The second kappa shape index (κ2) is 3.96. The van der Waals surface area contributed by atoms with Crippen molar-refractivity contribution in [1.82, 2.24) is 0 Å². The van der Waals surface area contributed by atoms with Crippen molar-refractivity contribution in [2.45, 2.75) is 19.8 Å². The zero-order chi connectivity index (χ0) is 11.7. The van der Waals surface area contributed by atoms with Crippen LogP contribution in [0.25, 0.3) is 0 Å². The Morgan fingerprint density at radius 2 is 2.25 bits per heavy atom. The van der Waals surface area contributed by atoms with E-state index in [1.807, 2.05) is 13.0 Å². The van der Waals surface area contributed by atoms with E-state index >= 15 is 0 Å². The van der Waals surface area contributed by atoms with Crippen LogP contribution in [0.15, 0.2) is 18.2 Å². The van der Waals surface area contributed by atoms with Gasteiger partial charge in [-0.05, 0) is 24.6 Å². The number of rotatable bonds is 2. The minimum atomic E-state index is -0.153. The standard InChI is InChI=1S/C12H13NO3/c1-7(8(2)14)9-3-4-10-11(5-9)16-6-12(15)13-10/h3-5,7H,6H2,1-2H3,(H,13,15). The number of benzene rings is 1. The summed E-state index contributed by atoms with van der Waals surface area (Å²) in [4.78, 5) is 22.3. The molecule has 2 rings (SSSR count). The number of fused-ring (bicyclic) bond motifs is 1. The molecule has 0 bridgehead atoms. The van der Waals surface area contributed by atoms with Gasteiger partial charge in [0.1, 0.15) is 11.5 Å². The quantitative estimate of drug-likeness (QED) is 0.823. The predicted molar refractivity (Wildman–Crippen MR) is 59.7 cm³/mol. The van der Waals surface area contributed by atoms with Gasteiger partial charge in [0.15, 0.2) is 6.61 Å². The zero-order valence-electron chi connectivity index (χ0n) is 9.24. The average Bonchev–Trinajstić information content (AvgIpc) is 2.27. The molecular formula is C12H13NO3. The van der Waals surface area contributed by atoms with Crippen molar-refractivity contribution in [2.75, 3.05) is 11.9 Å². The van der Waals surface area contributed by atoms with E-state index in [2.05, 4.69) is 5.32 Å². The maximum atomic E-state index is 11.3. The third-order valence-electron chi connectivity index (χ3n) is 2.75. The van der Waals surface area contributed by atoms with Crippen LogP contribution in [-0.4, -0.2) is 18.3 Å². The first-order valence-electron chi connectivity index (χ1n) is 5.15. The van der Waals surface area contributed by atoms with E-state index in [1.54, 1.807) is 19.1 Å². The smallest absolute Gasteiger partial charge is 0.262 e. The van der Waals surface area contributed by atoms with Crippen LogP contribution in [0, 0.1) is 0 Å². The van der Waals surface area contributed by atoms with Gasteiger partial charge in [0, 0.05) is 5.92 Å². The molecule has 1 aliphatic heterocycles. The number of carbonyl (C=O) groups excluding carboxylic acids is 2. The van der Waals surface area contributed by atoms with Gasteiger partial charge in [-0.15, -0.1) is 0 Å². The number of ketones is 1. The lowest BCUT2D eigenvalue weighted by Gasteiger charge is -2.19. The van der Waals surface area contributed by atoms with Crippen molar-refractivity contribution in [1.29, 1.82) is 0 Å². The molecule has 1 aromatic rings. The van der Waals surface area contributed by atoms with Gasteiger partial charge >= 0.3 is 0 Å². The molecule has 1 N–H and O–H groups in total. The highest BCUT2D eigenvalue weighted by Gasteiger charge is 2.18. The summed E-state index contributed by atoms with van der Waals surface area (Å²) in [5.74, 6) is 0.441. The van der Waals surface area contributed by atoms with Crippen LogP contribution in [0.3, 0.4) is 0 Å². The molecule has 1 aliphatic rings. The van der Waals surface area contributed by atoms with Gasteiger partial charge in [0.2, 0.25) is 0 Å². The van der Waals surface area contributed by atoms with Crippen molar-refractivity contribution >= 4 is 17.4 Å². The van der Waals surface area contributed by atoms with E-state index < -0.39 is 0 Å². The van der Waals surface area contributed by atoms with Crippen LogP contribution < -0.4 is 10.1 Å². The molecule has 0 fully saturated rings. The van der Waals surface area contributed by atoms with E-state index in [1.165, 1.54) is 0 Å². The number of amides is 1. The monoisotopic (exact) mass is 219 g/mol. The van der Waals surface area contributed by atoms with E-state index in [4.69, 9.17) is 4.74 Å². The van der Waals surface area contributed by atoms with E-state index in [-0.39, 0.29) is 24.2 Å². The van der Waals surface area contributed by atoms with Gasteiger partial charge in [0.25, 0.3) is 5.91 Å². The molecule has 0 aliphatic carbocycles. The normalized spacial score (nSPS) is 15.8. The number of nitrogens with one attached hydrogen (secondary N) is 1. The highest BCUT2D eigenvalue weighted by molar-refractivity contribution is 5.95. The van der Waals surface area contributed by atoms with Gasteiger partial charge in [-0.2, -0.15) is 0 Å². The summed E-state index contributed by atoms with van der Waals surface area (Å²) in [6.45, 7) is 3.45. The maximum absolute atomic E-state index is 11.3. The number of Topliss-reactive ketones (excluding diaryl/α,β-unsaturated/α-hetero) is 1. The third-order valence-corrected chi connectivity index (χ3v) is 2.75. The lowest BCUT2D eigenvalue weighted by Crippen LogP contribution is -2.25. The molecule has 1 amide bonds. The molecular weight excluding hydrogens is 206 g/mol. The van der Waals surface area contributed by atoms with Gasteiger partial charge in [0.05, 0.1) is 5.69 Å². The van der Waals surface area contributed by atoms with Crippen LogP contribution in [0.4, 0.5) is 5.69 Å². The summed E-state index contributed by atoms with van der Waals surface area (Å²) in [6, 6.07) is 5.40. The molecule has 0 saturated carbocycles. The Hall–Kier alpha value is -1.84. The van der Waals surface area contributed by atoms with Crippen LogP contribution in [-0.2, 0) is 9.59 Å². The molecule has 4 nitrogen and oxygen atoms in total. The van der Waals surface area contributed by atoms with Crippen LogP contribution in [0.2, 0.25) is 0 Å². The van der Waals surface area contributed by atoms with Crippen LogP contribution in [0.1, 0.15) is 25.3 Å². The summed E-state index contributed by atoms with van der Waals surface area (Å²) < 4.78 is 5.28. The van der Waals surface area contributed by atoms with E-state index in [0.717, 1.165) is 5.56 Å². The number of ether oxygens (including phenoxy) is 1. The molecule has 84 valence electrons. The lowest BCUT2D eigenvalue weighted by molar-refractivity contribution is -0.119. The molecule has 0 saturated heterocycles. The SMILES string of the molecule is CC(=O)C(C)c1ccc2c(c1)OCC(=O)N2. The molecule has 1 unspecified atom stereocenters. The van der Waals surface area contributed by atoms with Gasteiger partial charge in [-0.25, -0.2) is 0 Å². The topological polar surface area (TPSA) is 55.4 Å². The van der Waals surface area contributed by atoms with Crippen LogP contribution >= 0.6 is 0 Å². The third kappa shape index (κ3) is 1.91. The summed E-state index contributed by atoms with van der Waals surface area (Å²) in [6.07, 6.45) is 0. The molecule has 0 spiro atoms. The highest BCUT2D eigenvalue weighted by Crippen LogP contribution is 2.31. The van der Waals surface area contributed by atoms with E-state index in [9.17, 15) is 9.59 Å². The fourth-order valence-corrected chi connectivity index (χ4v) is 1.60. The maximum Gasteiger partial charge on any atom is 0.262 e. The Labute approximate surface area is 93.6 Å². The van der Waals surface area contributed by atoms with Crippen molar-refractivity contribution in [3.63, 3.8) is 0 Å². The lowest BCUT2D eigenvalue weighted by atomic mass is 9.97. The number of hydrogen-bond acceptors (Lipinski definition) is 3. The van der Waals surface area contributed by atoms with E-state index in [0.29, 0.717) is 11.4 Å². The van der Waals surface area contributed by atoms with Gasteiger partial charge < -0.3 is 10.1 Å². The zero-order valence-corrected chi connectivity index (χ0v) is 9.24. The highest BCUT2D eigenvalue weighted by atomic mass is 16.5. The summed E-state index contributed by atoms with van der Waals surface area (Å²) in [5.41, 5.74) is 1.57. The van der Waals surface area contributed by atoms with Crippen molar-refractivity contribution in [2.24, 2.45) is 0 Å². The second-order valence-electron chi connectivity index (χ2n) is 3.92. The molecule has 16 heavy (non-hydrogen) atoms. The number of anilines is 1. The Morgan fingerprint density at radius 3 is 2.94 bits per heavy atom. The Kier molecular flexibility index (Phi) is 2.64. The number of hydrogen-bond donors (Lipinski definition) is 1. The first kappa shape index (κ1) is 10.7. The Balaban J connectivity index is 2.33. The predicted octanol–water partition coefficient (Wildman–Crippen LogP) is 1.71. The first-order valence-corrected chi connectivity index (χ1v) is 5.15.